The van der Waals surface area contributed by atoms with Crippen LogP contribution in [0.2, 0.25) is 0 Å². The van der Waals surface area contributed by atoms with Gasteiger partial charge in [-0.3, -0.25) is 0 Å². The van der Waals surface area contributed by atoms with Crippen LogP contribution in [0.4, 0.5) is 4.79 Å². The minimum Gasteiger partial charge on any atom is -0.444 e. The van der Waals surface area contributed by atoms with Gasteiger partial charge in [-0.25, -0.2) is 4.79 Å². The summed E-state index contributed by atoms with van der Waals surface area (Å²) in [5.74, 6) is 0.589. The van der Waals surface area contributed by atoms with Gasteiger partial charge in [0.2, 0.25) is 0 Å². The van der Waals surface area contributed by atoms with Crippen LogP contribution in [-0.4, -0.2) is 48.0 Å². The Kier molecular flexibility index (Phi) is 5.06. The molecule has 0 radical (unpaired) electrons. The van der Waals surface area contributed by atoms with Crippen molar-refractivity contribution in [1.29, 1.82) is 0 Å². The van der Waals surface area contributed by atoms with E-state index in [1.165, 1.54) is 12.0 Å². The fourth-order valence-electron chi connectivity index (χ4n) is 4.70. The van der Waals surface area contributed by atoms with Crippen LogP contribution in [0, 0.1) is 5.41 Å². The van der Waals surface area contributed by atoms with E-state index in [-0.39, 0.29) is 24.4 Å². The molecule has 5 nitrogen and oxygen atoms in total. The highest BCUT2D eigenvalue weighted by Gasteiger charge is 2.56. The molecule has 3 aliphatic rings. The van der Waals surface area contributed by atoms with Crippen molar-refractivity contribution in [2.45, 2.75) is 90.4 Å². The molecule has 0 aromatic heterocycles. The topological polar surface area (TPSA) is 48.0 Å². The maximum Gasteiger partial charge on any atom is 0.494 e. The lowest BCUT2D eigenvalue weighted by atomic mass is 9.78. The SMILES string of the molecule is CC(C)(C)OC(=O)N1CCC2(CC1)CC2c1ccc(B2OC(C)(C)C(C)(C)O2)cc1. The van der Waals surface area contributed by atoms with Crippen molar-refractivity contribution in [3.63, 3.8) is 0 Å². The minimum absolute atomic E-state index is 0.179. The molecule has 0 bridgehead atoms. The maximum atomic E-state index is 12.3. The first-order valence-corrected chi connectivity index (χ1v) is 11.3. The molecule has 6 heteroatoms. The Morgan fingerprint density at radius 2 is 1.57 bits per heavy atom. The van der Waals surface area contributed by atoms with Gasteiger partial charge in [-0.1, -0.05) is 24.3 Å². The number of likely N-dealkylation sites (tertiary alicyclic amines) is 1. The molecule has 164 valence electrons. The van der Waals surface area contributed by atoms with Gasteiger partial charge in [-0.2, -0.15) is 0 Å². The summed E-state index contributed by atoms with van der Waals surface area (Å²) in [6, 6.07) is 8.78. The van der Waals surface area contributed by atoms with Crippen LogP contribution >= 0.6 is 0 Å². The van der Waals surface area contributed by atoms with E-state index in [9.17, 15) is 4.79 Å². The number of amides is 1. The van der Waals surface area contributed by atoms with Crippen LogP contribution in [-0.2, 0) is 14.0 Å². The molecule has 1 aliphatic carbocycles. The van der Waals surface area contributed by atoms with E-state index in [0.717, 1.165) is 31.4 Å². The van der Waals surface area contributed by atoms with Gasteiger partial charge in [0, 0.05) is 13.1 Å². The monoisotopic (exact) mass is 413 g/mol. The zero-order valence-corrected chi connectivity index (χ0v) is 19.6. The van der Waals surface area contributed by atoms with Crippen molar-refractivity contribution in [3.8, 4) is 0 Å². The number of carbonyl (C=O) groups excluding carboxylic acids is 1. The molecule has 2 saturated heterocycles. The molecule has 3 fully saturated rings. The molecule has 1 aromatic rings. The molecular weight excluding hydrogens is 377 g/mol. The van der Waals surface area contributed by atoms with Crippen molar-refractivity contribution in [3.05, 3.63) is 29.8 Å². The largest absolute Gasteiger partial charge is 0.494 e. The van der Waals surface area contributed by atoms with E-state index >= 15 is 0 Å². The Morgan fingerprint density at radius 1 is 1.03 bits per heavy atom. The smallest absolute Gasteiger partial charge is 0.444 e. The van der Waals surface area contributed by atoms with E-state index in [2.05, 4.69) is 52.0 Å². The fraction of sp³-hybridized carbons (Fsp3) is 0.708. The molecule has 4 rings (SSSR count). The van der Waals surface area contributed by atoms with Gasteiger partial charge in [0.1, 0.15) is 5.60 Å². The molecule has 2 aliphatic heterocycles. The highest BCUT2D eigenvalue weighted by Crippen LogP contribution is 2.64. The molecule has 0 N–H and O–H groups in total. The lowest BCUT2D eigenvalue weighted by molar-refractivity contribution is 0.00578. The lowest BCUT2D eigenvalue weighted by Gasteiger charge is -2.34. The maximum absolute atomic E-state index is 12.3. The molecule has 1 atom stereocenters. The molecule has 30 heavy (non-hydrogen) atoms. The Morgan fingerprint density at radius 3 is 2.07 bits per heavy atom. The van der Waals surface area contributed by atoms with Crippen LogP contribution in [0.25, 0.3) is 0 Å². The average Bonchev–Trinajstić information content (AvgIpc) is 3.27. The quantitative estimate of drug-likeness (QED) is 0.671. The summed E-state index contributed by atoms with van der Waals surface area (Å²) in [7, 11) is -0.311. The van der Waals surface area contributed by atoms with Crippen LogP contribution in [0.15, 0.2) is 24.3 Å². The first-order chi connectivity index (χ1) is 13.8. The summed E-state index contributed by atoms with van der Waals surface area (Å²) >= 11 is 0. The van der Waals surface area contributed by atoms with Crippen LogP contribution in [0.5, 0.6) is 0 Å². The Balaban J connectivity index is 1.35. The van der Waals surface area contributed by atoms with E-state index in [1.54, 1.807) is 0 Å². The third kappa shape index (κ3) is 4.01. The third-order valence-corrected chi connectivity index (χ3v) is 7.46. The number of hydrogen-bond acceptors (Lipinski definition) is 4. The van der Waals surface area contributed by atoms with Crippen molar-refractivity contribution in [1.82, 2.24) is 4.90 Å². The second-order valence-corrected chi connectivity index (χ2v) is 11.3. The minimum atomic E-state index is -0.437. The first-order valence-electron chi connectivity index (χ1n) is 11.3. The fourth-order valence-corrected chi connectivity index (χ4v) is 4.70. The van der Waals surface area contributed by atoms with Gasteiger partial charge in [0.05, 0.1) is 11.2 Å². The predicted octanol–water partition coefficient (Wildman–Crippen LogP) is 4.49. The van der Waals surface area contributed by atoms with E-state index in [0.29, 0.717) is 11.3 Å². The van der Waals surface area contributed by atoms with E-state index < -0.39 is 5.60 Å². The van der Waals surface area contributed by atoms with Crippen molar-refractivity contribution >= 4 is 18.7 Å². The molecular formula is C24H36BNO4. The molecule has 1 unspecified atom stereocenters. The Labute approximate surface area is 181 Å². The number of ether oxygens (including phenoxy) is 1. The van der Waals surface area contributed by atoms with Gasteiger partial charge < -0.3 is 18.9 Å². The van der Waals surface area contributed by atoms with Gasteiger partial charge in [-0.15, -0.1) is 0 Å². The Bertz CT molecular complexity index is 787. The van der Waals surface area contributed by atoms with E-state index in [1.807, 2.05) is 25.7 Å². The summed E-state index contributed by atoms with van der Waals surface area (Å²) in [6.45, 7) is 15.7. The summed E-state index contributed by atoms with van der Waals surface area (Å²) in [5, 5.41) is 0. The first kappa shape index (κ1) is 21.7. The van der Waals surface area contributed by atoms with Gasteiger partial charge in [-0.05, 0) is 90.1 Å². The summed E-state index contributed by atoms with van der Waals surface area (Å²) in [6.07, 6.45) is 3.14. The molecule has 1 amide bonds. The Hall–Kier alpha value is -1.53. The van der Waals surface area contributed by atoms with Crippen LogP contribution in [0.3, 0.4) is 0 Å². The van der Waals surface area contributed by atoms with Gasteiger partial charge in [0.15, 0.2) is 0 Å². The van der Waals surface area contributed by atoms with Gasteiger partial charge in [0.25, 0.3) is 0 Å². The average molecular weight is 413 g/mol. The number of benzene rings is 1. The number of rotatable bonds is 2. The highest BCUT2D eigenvalue weighted by atomic mass is 16.7. The molecule has 1 aromatic carbocycles. The summed E-state index contributed by atoms with van der Waals surface area (Å²) in [4.78, 5) is 14.2. The van der Waals surface area contributed by atoms with Crippen LogP contribution < -0.4 is 5.46 Å². The van der Waals surface area contributed by atoms with Crippen molar-refractivity contribution in [2.75, 3.05) is 13.1 Å². The van der Waals surface area contributed by atoms with Crippen LogP contribution in [0.1, 0.15) is 79.2 Å². The molecule has 2 heterocycles. The standard InChI is InChI=1S/C24H36BNO4/c1-21(2,3)28-20(27)26-14-12-24(13-15-26)16-19(24)17-8-10-18(11-9-17)25-29-22(4,5)23(6,7)30-25/h8-11,19H,12-16H2,1-7H3. The molecule has 1 spiro atoms. The number of carbonyl (C=O) groups is 1. The lowest BCUT2D eigenvalue weighted by Crippen LogP contribution is -2.42. The summed E-state index contributed by atoms with van der Waals surface area (Å²) in [5.41, 5.74) is 1.74. The number of piperidine rings is 1. The van der Waals surface area contributed by atoms with Gasteiger partial charge >= 0.3 is 13.2 Å². The second kappa shape index (κ2) is 6.99. The number of hydrogen-bond donors (Lipinski definition) is 0. The highest BCUT2D eigenvalue weighted by molar-refractivity contribution is 6.62. The zero-order chi connectivity index (χ0) is 21.9. The van der Waals surface area contributed by atoms with Crippen molar-refractivity contribution < 1.29 is 18.8 Å². The zero-order valence-electron chi connectivity index (χ0n) is 19.6. The van der Waals surface area contributed by atoms with Crippen molar-refractivity contribution in [2.24, 2.45) is 5.41 Å². The second-order valence-electron chi connectivity index (χ2n) is 11.3. The normalized spacial score (nSPS) is 26.7. The summed E-state index contributed by atoms with van der Waals surface area (Å²) < 4.78 is 17.9. The third-order valence-electron chi connectivity index (χ3n) is 7.46. The molecule has 1 saturated carbocycles. The predicted molar refractivity (Wildman–Crippen MR) is 119 cm³/mol. The number of nitrogens with zero attached hydrogens (tertiary/aromatic N) is 1. The van der Waals surface area contributed by atoms with E-state index in [4.69, 9.17) is 14.0 Å².